The van der Waals surface area contributed by atoms with E-state index in [2.05, 4.69) is 0 Å². The zero-order valence-corrected chi connectivity index (χ0v) is 12.8. The highest BCUT2D eigenvalue weighted by Crippen LogP contribution is 2.15. The van der Waals surface area contributed by atoms with E-state index in [9.17, 15) is 14.0 Å². The topological polar surface area (TPSA) is 53.2 Å². The number of hydrogen-bond acceptors (Lipinski definition) is 3. The van der Waals surface area contributed by atoms with Crippen LogP contribution in [-0.4, -0.2) is 22.3 Å². The monoisotopic (exact) mass is 318 g/mol. The van der Waals surface area contributed by atoms with Crippen LogP contribution in [0, 0.1) is 11.7 Å². The zero-order valence-electron chi connectivity index (χ0n) is 12.8. The molecule has 3 rings (SSSR count). The fourth-order valence-electron chi connectivity index (χ4n) is 2.80. The van der Waals surface area contributed by atoms with Gasteiger partial charge in [-0.1, -0.05) is 12.1 Å². The SMILES string of the molecule is O=c1c(=O)n(CC2CCOCC2)ccn1Cc1ccc(F)cc1. The first-order valence-corrected chi connectivity index (χ1v) is 7.75. The second-order valence-corrected chi connectivity index (χ2v) is 5.87. The number of halogens is 1. The fraction of sp³-hybridized carbons (Fsp3) is 0.412. The number of benzene rings is 1. The molecule has 0 amide bonds. The van der Waals surface area contributed by atoms with Crippen molar-refractivity contribution in [3.63, 3.8) is 0 Å². The summed E-state index contributed by atoms with van der Waals surface area (Å²) in [5.74, 6) is 0.0433. The summed E-state index contributed by atoms with van der Waals surface area (Å²) >= 11 is 0. The lowest BCUT2D eigenvalue weighted by atomic mass is 10.0. The van der Waals surface area contributed by atoms with Crippen LogP contribution in [0.3, 0.4) is 0 Å². The van der Waals surface area contributed by atoms with E-state index >= 15 is 0 Å². The minimum atomic E-state index is -0.552. The summed E-state index contributed by atoms with van der Waals surface area (Å²) in [6.07, 6.45) is 5.09. The molecule has 0 N–H and O–H groups in total. The molecule has 1 fully saturated rings. The molecule has 0 radical (unpaired) electrons. The summed E-state index contributed by atoms with van der Waals surface area (Å²) in [6.45, 7) is 2.23. The summed E-state index contributed by atoms with van der Waals surface area (Å²) in [5.41, 5.74) is -0.292. The van der Waals surface area contributed by atoms with Crippen molar-refractivity contribution in [3.8, 4) is 0 Å². The first kappa shape index (κ1) is 15.7. The lowest BCUT2D eigenvalue weighted by Crippen LogP contribution is -2.42. The molecule has 2 aromatic rings. The van der Waals surface area contributed by atoms with Crippen molar-refractivity contribution in [3.05, 3.63) is 68.7 Å². The number of nitrogens with zero attached hydrogens (tertiary/aromatic N) is 2. The van der Waals surface area contributed by atoms with E-state index in [1.807, 2.05) is 0 Å². The van der Waals surface area contributed by atoms with E-state index in [0.717, 1.165) is 18.4 Å². The summed E-state index contributed by atoms with van der Waals surface area (Å²) < 4.78 is 21.1. The number of rotatable bonds is 4. The average molecular weight is 318 g/mol. The van der Waals surface area contributed by atoms with Crippen molar-refractivity contribution in [2.75, 3.05) is 13.2 Å². The quantitative estimate of drug-likeness (QED) is 0.805. The third-order valence-corrected chi connectivity index (χ3v) is 4.19. The average Bonchev–Trinajstić information content (AvgIpc) is 2.57. The van der Waals surface area contributed by atoms with Crippen LogP contribution in [0.5, 0.6) is 0 Å². The molecule has 0 bridgehead atoms. The van der Waals surface area contributed by atoms with Crippen molar-refractivity contribution >= 4 is 0 Å². The van der Waals surface area contributed by atoms with E-state index in [4.69, 9.17) is 4.74 Å². The maximum atomic E-state index is 12.9. The van der Waals surface area contributed by atoms with Crippen LogP contribution in [0.25, 0.3) is 0 Å². The van der Waals surface area contributed by atoms with Crippen LogP contribution >= 0.6 is 0 Å². The molecule has 1 aliphatic rings. The molecule has 0 aliphatic carbocycles. The summed E-state index contributed by atoms with van der Waals surface area (Å²) in [5, 5.41) is 0. The second kappa shape index (κ2) is 6.91. The Hall–Kier alpha value is -2.21. The minimum absolute atomic E-state index is 0.256. The van der Waals surface area contributed by atoms with Gasteiger partial charge in [-0.05, 0) is 36.5 Å². The fourth-order valence-corrected chi connectivity index (χ4v) is 2.80. The largest absolute Gasteiger partial charge is 0.381 e. The van der Waals surface area contributed by atoms with Crippen LogP contribution in [0.4, 0.5) is 4.39 Å². The minimum Gasteiger partial charge on any atom is -0.381 e. The number of ether oxygens (including phenoxy) is 1. The predicted molar refractivity (Wildman–Crippen MR) is 84.0 cm³/mol. The molecule has 2 heterocycles. The smallest absolute Gasteiger partial charge is 0.316 e. The van der Waals surface area contributed by atoms with Gasteiger partial charge in [0.15, 0.2) is 0 Å². The van der Waals surface area contributed by atoms with Gasteiger partial charge in [0.1, 0.15) is 5.82 Å². The standard InChI is InChI=1S/C17H19FN2O3/c18-15-3-1-13(2-4-15)11-19-7-8-20(17(22)16(19)21)12-14-5-9-23-10-6-14/h1-4,7-8,14H,5-6,9-12H2. The van der Waals surface area contributed by atoms with Crippen molar-refractivity contribution in [1.82, 2.24) is 9.13 Å². The molecule has 1 aromatic carbocycles. The molecule has 0 saturated carbocycles. The zero-order chi connectivity index (χ0) is 16.2. The van der Waals surface area contributed by atoms with Gasteiger partial charge in [-0.25, -0.2) is 4.39 Å². The Kier molecular flexibility index (Phi) is 4.71. The maximum absolute atomic E-state index is 12.9. The van der Waals surface area contributed by atoms with Gasteiger partial charge in [0, 0.05) is 32.2 Å². The van der Waals surface area contributed by atoms with Gasteiger partial charge in [0.25, 0.3) is 0 Å². The van der Waals surface area contributed by atoms with Gasteiger partial charge in [0.05, 0.1) is 6.54 Å². The van der Waals surface area contributed by atoms with E-state index in [1.165, 1.54) is 21.3 Å². The van der Waals surface area contributed by atoms with Crippen LogP contribution in [-0.2, 0) is 17.8 Å². The molecule has 0 atom stereocenters. The third kappa shape index (κ3) is 3.76. The lowest BCUT2D eigenvalue weighted by molar-refractivity contribution is 0.0608. The molecule has 122 valence electrons. The van der Waals surface area contributed by atoms with E-state index < -0.39 is 11.1 Å². The van der Waals surface area contributed by atoms with Crippen LogP contribution in [0.1, 0.15) is 18.4 Å². The highest BCUT2D eigenvalue weighted by molar-refractivity contribution is 5.16. The van der Waals surface area contributed by atoms with Crippen molar-refractivity contribution < 1.29 is 9.13 Å². The normalized spacial score (nSPS) is 15.7. The first-order chi connectivity index (χ1) is 11.1. The van der Waals surface area contributed by atoms with Gasteiger partial charge in [-0.15, -0.1) is 0 Å². The molecule has 23 heavy (non-hydrogen) atoms. The molecule has 0 unspecified atom stereocenters. The molecule has 1 aliphatic heterocycles. The van der Waals surface area contributed by atoms with Gasteiger partial charge >= 0.3 is 11.1 Å². The molecule has 0 spiro atoms. The summed E-state index contributed by atoms with van der Waals surface area (Å²) in [7, 11) is 0. The Balaban J connectivity index is 1.78. The Bertz CT molecular complexity index is 774. The van der Waals surface area contributed by atoms with E-state index in [-0.39, 0.29) is 12.4 Å². The molecule has 1 aromatic heterocycles. The van der Waals surface area contributed by atoms with E-state index in [0.29, 0.717) is 25.7 Å². The molecule has 5 nitrogen and oxygen atoms in total. The predicted octanol–water partition coefficient (Wildman–Crippen LogP) is 1.62. The first-order valence-electron chi connectivity index (χ1n) is 7.75. The summed E-state index contributed by atoms with van der Waals surface area (Å²) in [4.78, 5) is 24.5. The van der Waals surface area contributed by atoms with Gasteiger partial charge in [-0.2, -0.15) is 0 Å². The van der Waals surface area contributed by atoms with Crippen molar-refractivity contribution in [2.24, 2.45) is 5.92 Å². The van der Waals surface area contributed by atoms with Crippen LogP contribution in [0.2, 0.25) is 0 Å². The van der Waals surface area contributed by atoms with Gasteiger partial charge in [-0.3, -0.25) is 9.59 Å². The highest BCUT2D eigenvalue weighted by Gasteiger charge is 2.16. The Morgan fingerprint density at radius 3 is 2.30 bits per heavy atom. The Morgan fingerprint density at radius 1 is 1.00 bits per heavy atom. The maximum Gasteiger partial charge on any atom is 0.316 e. The molecule has 1 saturated heterocycles. The van der Waals surface area contributed by atoms with Crippen LogP contribution < -0.4 is 11.1 Å². The number of hydrogen-bond donors (Lipinski definition) is 0. The molecular weight excluding hydrogens is 299 g/mol. The Labute approximate surface area is 132 Å². The molecular formula is C17H19FN2O3. The highest BCUT2D eigenvalue weighted by atomic mass is 19.1. The Morgan fingerprint density at radius 2 is 1.61 bits per heavy atom. The van der Waals surface area contributed by atoms with Crippen LogP contribution in [0.15, 0.2) is 46.2 Å². The van der Waals surface area contributed by atoms with Gasteiger partial charge in [0.2, 0.25) is 0 Å². The molecule has 6 heteroatoms. The summed E-state index contributed by atoms with van der Waals surface area (Å²) in [6, 6.07) is 5.89. The van der Waals surface area contributed by atoms with Crippen molar-refractivity contribution in [2.45, 2.75) is 25.9 Å². The number of aromatic nitrogens is 2. The van der Waals surface area contributed by atoms with Gasteiger partial charge < -0.3 is 13.9 Å². The lowest BCUT2D eigenvalue weighted by Gasteiger charge is -2.22. The third-order valence-electron chi connectivity index (χ3n) is 4.19. The van der Waals surface area contributed by atoms with E-state index in [1.54, 1.807) is 24.5 Å². The van der Waals surface area contributed by atoms with Crippen molar-refractivity contribution in [1.29, 1.82) is 0 Å². The second-order valence-electron chi connectivity index (χ2n) is 5.87.